The molecule has 0 aromatic rings. The van der Waals surface area contributed by atoms with Gasteiger partial charge in [-0.05, 0) is 19.8 Å². The number of nitrogens with zero attached hydrogens (tertiary/aromatic N) is 1. The van der Waals surface area contributed by atoms with Gasteiger partial charge in [0, 0.05) is 13.3 Å². The fourth-order valence-corrected chi connectivity index (χ4v) is 2.57. The summed E-state index contributed by atoms with van der Waals surface area (Å²) in [6.45, 7) is 3.30. The Kier molecular flexibility index (Phi) is 3.54. The van der Waals surface area contributed by atoms with Crippen molar-refractivity contribution >= 4 is 17.7 Å². The van der Waals surface area contributed by atoms with Crippen LogP contribution in [-0.2, 0) is 23.9 Å². The maximum Gasteiger partial charge on any atom is 0.354 e. The van der Waals surface area contributed by atoms with Crippen LogP contribution in [0.2, 0.25) is 0 Å². The molecule has 100 valence electrons. The second kappa shape index (κ2) is 4.96. The molecule has 0 radical (unpaired) electrons. The van der Waals surface area contributed by atoms with Crippen LogP contribution in [0.4, 0.5) is 0 Å². The van der Waals surface area contributed by atoms with E-state index in [0.29, 0.717) is 6.42 Å². The van der Waals surface area contributed by atoms with Crippen molar-refractivity contribution in [3.8, 4) is 0 Å². The maximum absolute atomic E-state index is 12.1. The fourth-order valence-electron chi connectivity index (χ4n) is 2.57. The van der Waals surface area contributed by atoms with E-state index in [4.69, 9.17) is 14.3 Å². The monoisotopic (exact) mass is 255 g/mol. The summed E-state index contributed by atoms with van der Waals surface area (Å²) in [5.41, 5.74) is -0.0789. The van der Waals surface area contributed by atoms with E-state index in [1.54, 1.807) is 0 Å². The molecule has 1 heterocycles. The Bertz CT molecular complexity index is 392. The first-order chi connectivity index (χ1) is 8.56. The van der Waals surface area contributed by atoms with Gasteiger partial charge in [0.15, 0.2) is 0 Å². The van der Waals surface area contributed by atoms with Gasteiger partial charge in [-0.3, -0.25) is 4.79 Å². The zero-order valence-corrected chi connectivity index (χ0v) is 10.6. The Hall–Kier alpha value is -1.59. The van der Waals surface area contributed by atoms with Gasteiger partial charge in [-0.1, -0.05) is 5.16 Å². The second-order valence-electron chi connectivity index (χ2n) is 4.63. The normalized spacial score (nSPS) is 29.2. The Labute approximate surface area is 105 Å². The molecule has 6 heteroatoms. The molecule has 0 bridgehead atoms. The number of esters is 2. The molecule has 0 amide bonds. The lowest BCUT2D eigenvalue weighted by atomic mass is 9.88. The Balaban J connectivity index is 1.87. The van der Waals surface area contributed by atoms with Crippen molar-refractivity contribution in [2.24, 2.45) is 11.1 Å². The molecule has 2 aliphatic rings. The molecule has 0 N–H and O–H groups in total. The van der Waals surface area contributed by atoms with Gasteiger partial charge in [0.05, 0.1) is 11.6 Å². The molecule has 0 spiro atoms. The first kappa shape index (κ1) is 12.9. The summed E-state index contributed by atoms with van der Waals surface area (Å²) in [7, 11) is 0. The van der Waals surface area contributed by atoms with Crippen LogP contribution >= 0.6 is 0 Å². The molecule has 6 nitrogen and oxygen atoms in total. The summed E-state index contributed by atoms with van der Waals surface area (Å²) < 4.78 is 9.81. The van der Waals surface area contributed by atoms with E-state index in [0.717, 1.165) is 18.6 Å². The van der Waals surface area contributed by atoms with Gasteiger partial charge in [0.25, 0.3) is 0 Å². The van der Waals surface area contributed by atoms with Crippen LogP contribution in [0, 0.1) is 5.92 Å². The standard InChI is InChI=1S/C12H17NO5/c1-8-10-4-3-5-12(10,18-13-8)11(15)17-7-6-16-9(2)14/h10H,3-7H2,1-2H3. The van der Waals surface area contributed by atoms with Crippen molar-refractivity contribution < 1.29 is 23.9 Å². The van der Waals surface area contributed by atoms with Crippen molar-refractivity contribution in [1.82, 2.24) is 0 Å². The van der Waals surface area contributed by atoms with Crippen LogP contribution in [0.1, 0.15) is 33.1 Å². The largest absolute Gasteiger partial charge is 0.462 e. The lowest BCUT2D eigenvalue weighted by Gasteiger charge is -2.24. The third-order valence-corrected chi connectivity index (χ3v) is 3.43. The van der Waals surface area contributed by atoms with Crippen molar-refractivity contribution in [2.75, 3.05) is 13.2 Å². The highest BCUT2D eigenvalue weighted by atomic mass is 16.7. The van der Waals surface area contributed by atoms with Crippen LogP contribution in [-0.4, -0.2) is 36.5 Å². The minimum atomic E-state index is -0.930. The van der Waals surface area contributed by atoms with E-state index in [-0.39, 0.29) is 25.1 Å². The third-order valence-electron chi connectivity index (χ3n) is 3.43. The molecule has 0 saturated heterocycles. The molecule has 1 saturated carbocycles. The van der Waals surface area contributed by atoms with Crippen LogP contribution in [0.25, 0.3) is 0 Å². The van der Waals surface area contributed by atoms with Crippen molar-refractivity contribution in [3.05, 3.63) is 0 Å². The fraction of sp³-hybridized carbons (Fsp3) is 0.750. The number of carbonyl (C=O) groups is 2. The zero-order valence-electron chi connectivity index (χ0n) is 10.6. The van der Waals surface area contributed by atoms with Gasteiger partial charge in [0.1, 0.15) is 13.2 Å². The molecule has 1 fully saturated rings. The maximum atomic E-state index is 12.1. The lowest BCUT2D eigenvalue weighted by Crippen LogP contribution is -2.44. The number of fused-ring (bicyclic) bond motifs is 1. The van der Waals surface area contributed by atoms with E-state index >= 15 is 0 Å². The zero-order chi connectivity index (χ0) is 13.2. The third kappa shape index (κ3) is 2.19. The molecule has 18 heavy (non-hydrogen) atoms. The number of carbonyl (C=O) groups excluding carboxylic acids is 2. The predicted octanol–water partition coefficient (Wildman–Crippen LogP) is 1.04. The van der Waals surface area contributed by atoms with Crippen molar-refractivity contribution in [2.45, 2.75) is 38.7 Å². The highest BCUT2D eigenvalue weighted by Gasteiger charge is 2.57. The number of hydrogen-bond donors (Lipinski definition) is 0. The van der Waals surface area contributed by atoms with Crippen LogP contribution in [0.5, 0.6) is 0 Å². The van der Waals surface area contributed by atoms with Crippen LogP contribution in [0.15, 0.2) is 5.16 Å². The average Bonchev–Trinajstić information content (AvgIpc) is 2.87. The Morgan fingerprint density at radius 2 is 2.17 bits per heavy atom. The van der Waals surface area contributed by atoms with Crippen LogP contribution in [0.3, 0.4) is 0 Å². The van der Waals surface area contributed by atoms with Gasteiger partial charge in [0.2, 0.25) is 5.60 Å². The second-order valence-corrected chi connectivity index (χ2v) is 4.63. The van der Waals surface area contributed by atoms with Crippen LogP contribution < -0.4 is 0 Å². The summed E-state index contributed by atoms with van der Waals surface area (Å²) in [6, 6.07) is 0. The average molecular weight is 255 g/mol. The molecule has 2 atom stereocenters. The molecule has 0 aromatic heterocycles. The first-order valence-electron chi connectivity index (χ1n) is 6.09. The summed E-state index contributed by atoms with van der Waals surface area (Å²) in [6.07, 6.45) is 2.45. The highest BCUT2D eigenvalue weighted by Crippen LogP contribution is 2.44. The number of hydrogen-bond acceptors (Lipinski definition) is 6. The smallest absolute Gasteiger partial charge is 0.354 e. The number of rotatable bonds is 4. The number of ether oxygens (including phenoxy) is 2. The quantitative estimate of drug-likeness (QED) is 0.554. The summed E-state index contributed by atoms with van der Waals surface area (Å²) >= 11 is 0. The highest BCUT2D eigenvalue weighted by molar-refractivity contribution is 5.95. The molecular formula is C12H17NO5. The topological polar surface area (TPSA) is 74.2 Å². The summed E-state index contributed by atoms with van der Waals surface area (Å²) in [4.78, 5) is 28.0. The summed E-state index contributed by atoms with van der Waals surface area (Å²) in [5.74, 6) is -0.768. The molecule has 2 rings (SSSR count). The van der Waals surface area contributed by atoms with E-state index in [2.05, 4.69) is 5.16 Å². The molecule has 0 aromatic carbocycles. The van der Waals surface area contributed by atoms with Gasteiger partial charge >= 0.3 is 11.9 Å². The van der Waals surface area contributed by atoms with Gasteiger partial charge in [-0.15, -0.1) is 0 Å². The lowest BCUT2D eigenvalue weighted by molar-refractivity contribution is -0.174. The van der Waals surface area contributed by atoms with Gasteiger partial charge in [-0.2, -0.15) is 0 Å². The van der Waals surface area contributed by atoms with Crippen molar-refractivity contribution in [1.29, 1.82) is 0 Å². The van der Waals surface area contributed by atoms with E-state index in [9.17, 15) is 9.59 Å². The van der Waals surface area contributed by atoms with E-state index in [1.807, 2.05) is 6.92 Å². The SMILES string of the molecule is CC(=O)OCCOC(=O)C12CCCC1C(C)=NO2. The molecule has 1 aliphatic carbocycles. The Morgan fingerprint density at radius 1 is 1.44 bits per heavy atom. The minimum Gasteiger partial charge on any atom is -0.462 e. The van der Waals surface area contributed by atoms with Crippen molar-refractivity contribution in [3.63, 3.8) is 0 Å². The molecular weight excluding hydrogens is 238 g/mol. The minimum absolute atomic E-state index is 0.0266. The number of oxime groups is 1. The summed E-state index contributed by atoms with van der Waals surface area (Å²) in [5, 5.41) is 3.90. The molecule has 2 unspecified atom stereocenters. The van der Waals surface area contributed by atoms with E-state index < -0.39 is 11.6 Å². The predicted molar refractivity (Wildman–Crippen MR) is 61.9 cm³/mol. The molecule has 1 aliphatic heterocycles. The first-order valence-corrected chi connectivity index (χ1v) is 6.09. The Morgan fingerprint density at radius 3 is 2.89 bits per heavy atom. The van der Waals surface area contributed by atoms with Gasteiger partial charge in [-0.25, -0.2) is 4.79 Å². The van der Waals surface area contributed by atoms with Gasteiger partial charge < -0.3 is 14.3 Å². The van der Waals surface area contributed by atoms with E-state index in [1.165, 1.54) is 6.92 Å².